The second-order valence-electron chi connectivity index (χ2n) is 13.7. The van der Waals surface area contributed by atoms with Gasteiger partial charge in [0.15, 0.2) is 25.2 Å². The standard InChI is InChI=1S/C30H54O25/c1-7-13(39)17(43)26(55-29-20(46)24(15(41)11(5-34)50-29)53-27-19(45)18(44)23(52-27)10(38)4-33)30(48-7)54-25-16(42)12(6-35)49-28(21(25)47)51-22(9(37)3-32)14(40)8(36)2-31/h7-47H,2-6H2,1H3/t7-,8+,9-,10+,11+,12+,13-,14+,15-,16+,17+,18+,19+,20+,21-,22+,23-,24-,25-,26+,27-,28+,29+,30-/m0/s1. The highest BCUT2D eigenvalue weighted by Crippen LogP contribution is 2.35. The predicted octanol–water partition coefficient (Wildman–Crippen LogP) is -11.3. The quantitative estimate of drug-likeness (QED) is 0.0648. The SMILES string of the molecule is C[C@@H]1O[C@@H](O[C@@H]2[C@H](O)[C@@H](O[C@@H]([C@H](O)[C@H](O)CO)[C@@H](O)CO)O[C@H](CO)[C@H]2O)[C@H](O[C@H]2O[C@H](CO)[C@H](O)[C@H](O[C@@H]3O[C@@H]([C@H](O)CO)[C@H](O)[C@H]3O)[C@H]2O)[C@H](O)[C@H]1O. The molecule has 25 nitrogen and oxygen atoms in total. The van der Waals surface area contributed by atoms with Gasteiger partial charge in [-0.15, -0.1) is 0 Å². The van der Waals surface area contributed by atoms with Gasteiger partial charge in [-0.3, -0.25) is 0 Å². The molecule has 4 aliphatic rings. The first-order chi connectivity index (χ1) is 25.9. The molecule has 0 saturated carbocycles. The van der Waals surface area contributed by atoms with Crippen LogP contribution in [0.25, 0.3) is 0 Å². The fraction of sp³-hybridized carbons (Fsp3) is 1.00. The number of ether oxygens (including phenoxy) is 8. The lowest BCUT2D eigenvalue weighted by Crippen LogP contribution is -2.67. The molecular formula is C30H54O25. The Hall–Kier alpha value is -1.00. The summed E-state index contributed by atoms with van der Waals surface area (Å²) >= 11 is 0. The van der Waals surface area contributed by atoms with Gasteiger partial charge in [-0.05, 0) is 6.92 Å². The van der Waals surface area contributed by atoms with Crippen LogP contribution < -0.4 is 0 Å². The van der Waals surface area contributed by atoms with Crippen molar-refractivity contribution in [3.8, 4) is 0 Å². The second kappa shape index (κ2) is 20.3. The molecule has 0 aromatic heterocycles. The Balaban J connectivity index is 1.58. The van der Waals surface area contributed by atoms with Crippen LogP contribution in [0.5, 0.6) is 0 Å². The van der Waals surface area contributed by atoms with Gasteiger partial charge in [-0.2, -0.15) is 0 Å². The minimum Gasteiger partial charge on any atom is -0.394 e. The van der Waals surface area contributed by atoms with E-state index in [1.165, 1.54) is 6.92 Å². The number of hydrogen-bond donors (Lipinski definition) is 17. The third-order valence-electron chi connectivity index (χ3n) is 9.90. The minimum absolute atomic E-state index is 0.882. The van der Waals surface area contributed by atoms with Crippen LogP contribution in [0.1, 0.15) is 6.92 Å². The van der Waals surface area contributed by atoms with Crippen LogP contribution in [0, 0.1) is 0 Å². The maximum absolute atomic E-state index is 11.3. The van der Waals surface area contributed by atoms with Crippen molar-refractivity contribution in [1.82, 2.24) is 0 Å². The Morgan fingerprint density at radius 3 is 1.49 bits per heavy atom. The van der Waals surface area contributed by atoms with Gasteiger partial charge >= 0.3 is 0 Å². The number of hydrogen-bond acceptors (Lipinski definition) is 25. The van der Waals surface area contributed by atoms with E-state index in [1.807, 2.05) is 0 Å². The van der Waals surface area contributed by atoms with Gasteiger partial charge in [0.1, 0.15) is 116 Å². The topological polar surface area (TPSA) is 418 Å². The van der Waals surface area contributed by atoms with Gasteiger partial charge in [0.05, 0.1) is 39.1 Å². The van der Waals surface area contributed by atoms with Crippen molar-refractivity contribution in [2.24, 2.45) is 0 Å². The molecule has 17 N–H and O–H groups in total. The number of aliphatic hydroxyl groups is 17. The first kappa shape index (κ1) is 46.7. The second-order valence-corrected chi connectivity index (χ2v) is 13.7. The molecule has 4 heterocycles. The molecule has 0 aromatic rings. The predicted molar refractivity (Wildman–Crippen MR) is 167 cm³/mol. The first-order valence-electron chi connectivity index (χ1n) is 17.4. The van der Waals surface area contributed by atoms with Gasteiger partial charge < -0.3 is 125 Å². The van der Waals surface area contributed by atoms with Crippen molar-refractivity contribution in [2.45, 2.75) is 154 Å². The molecule has 4 rings (SSSR count). The molecule has 0 bridgehead atoms. The fourth-order valence-electron chi connectivity index (χ4n) is 6.56. The highest BCUT2D eigenvalue weighted by Gasteiger charge is 2.56. The van der Waals surface area contributed by atoms with E-state index in [9.17, 15) is 86.8 Å². The van der Waals surface area contributed by atoms with Crippen LogP contribution in [0.15, 0.2) is 0 Å². The fourth-order valence-corrected chi connectivity index (χ4v) is 6.56. The maximum Gasteiger partial charge on any atom is 0.187 e. The lowest BCUT2D eigenvalue weighted by molar-refractivity contribution is -0.394. The van der Waals surface area contributed by atoms with Crippen molar-refractivity contribution < 1.29 is 125 Å². The van der Waals surface area contributed by atoms with Crippen LogP contribution in [-0.2, 0) is 37.9 Å². The average Bonchev–Trinajstić information content (AvgIpc) is 3.46. The summed E-state index contributed by atoms with van der Waals surface area (Å²) in [6.45, 7) is -3.59. The number of rotatable bonds is 17. The van der Waals surface area contributed by atoms with Crippen molar-refractivity contribution in [3.05, 3.63) is 0 Å². The lowest BCUT2D eigenvalue weighted by atomic mass is 9.96. The molecule has 324 valence electrons. The molecule has 24 atom stereocenters. The molecule has 4 fully saturated rings. The Labute approximate surface area is 312 Å². The van der Waals surface area contributed by atoms with Crippen LogP contribution in [0.4, 0.5) is 0 Å². The summed E-state index contributed by atoms with van der Waals surface area (Å²) in [5.41, 5.74) is 0. The van der Waals surface area contributed by atoms with E-state index in [-0.39, 0.29) is 0 Å². The zero-order valence-corrected chi connectivity index (χ0v) is 29.3. The molecule has 0 amide bonds. The highest BCUT2D eigenvalue weighted by atomic mass is 16.8. The van der Waals surface area contributed by atoms with E-state index in [1.54, 1.807) is 0 Å². The molecule has 55 heavy (non-hydrogen) atoms. The van der Waals surface area contributed by atoms with E-state index in [2.05, 4.69) is 0 Å². The third kappa shape index (κ3) is 10.1. The largest absolute Gasteiger partial charge is 0.394 e. The van der Waals surface area contributed by atoms with Gasteiger partial charge in [0, 0.05) is 0 Å². The molecule has 25 heteroatoms. The zero-order valence-electron chi connectivity index (χ0n) is 29.3. The van der Waals surface area contributed by atoms with Crippen molar-refractivity contribution >= 4 is 0 Å². The smallest absolute Gasteiger partial charge is 0.187 e. The monoisotopic (exact) mass is 814 g/mol. The van der Waals surface area contributed by atoms with Gasteiger partial charge in [0.2, 0.25) is 0 Å². The van der Waals surface area contributed by atoms with E-state index in [0.29, 0.717) is 0 Å². The molecular weight excluding hydrogens is 760 g/mol. The van der Waals surface area contributed by atoms with E-state index in [4.69, 9.17) is 37.9 Å². The van der Waals surface area contributed by atoms with Gasteiger partial charge in [0.25, 0.3) is 0 Å². The zero-order chi connectivity index (χ0) is 41.0. The summed E-state index contributed by atoms with van der Waals surface area (Å²) in [4.78, 5) is 0. The van der Waals surface area contributed by atoms with Crippen molar-refractivity contribution in [1.29, 1.82) is 0 Å². The van der Waals surface area contributed by atoms with Gasteiger partial charge in [-0.1, -0.05) is 0 Å². The third-order valence-corrected chi connectivity index (χ3v) is 9.90. The van der Waals surface area contributed by atoms with E-state index in [0.717, 1.165) is 0 Å². The molecule has 0 spiro atoms. The van der Waals surface area contributed by atoms with Crippen LogP contribution in [-0.4, -0.2) is 267 Å². The molecule has 4 aliphatic heterocycles. The van der Waals surface area contributed by atoms with Gasteiger partial charge in [-0.25, -0.2) is 0 Å². The van der Waals surface area contributed by atoms with Crippen LogP contribution in [0.2, 0.25) is 0 Å². The molecule has 4 saturated heterocycles. The van der Waals surface area contributed by atoms with E-state index < -0.39 is 180 Å². The van der Waals surface area contributed by atoms with Crippen LogP contribution >= 0.6 is 0 Å². The Kier molecular flexibility index (Phi) is 17.2. The van der Waals surface area contributed by atoms with Crippen molar-refractivity contribution in [2.75, 3.05) is 33.0 Å². The molecule has 0 aliphatic carbocycles. The van der Waals surface area contributed by atoms with Crippen LogP contribution in [0.3, 0.4) is 0 Å². The van der Waals surface area contributed by atoms with E-state index >= 15 is 0 Å². The maximum atomic E-state index is 11.3. The summed E-state index contributed by atoms with van der Waals surface area (Å²) in [5, 5.41) is 175. The Bertz CT molecular complexity index is 1140. The first-order valence-corrected chi connectivity index (χ1v) is 17.4. The Morgan fingerprint density at radius 1 is 0.473 bits per heavy atom. The molecule has 0 radical (unpaired) electrons. The summed E-state index contributed by atoms with van der Waals surface area (Å²) in [5.74, 6) is 0. The number of aliphatic hydroxyl groups excluding tert-OH is 17. The minimum atomic E-state index is -2.14. The summed E-state index contributed by atoms with van der Waals surface area (Å²) < 4.78 is 44.4. The molecule has 0 unspecified atom stereocenters. The lowest BCUT2D eigenvalue weighted by Gasteiger charge is -2.49. The Morgan fingerprint density at radius 2 is 0.964 bits per heavy atom. The van der Waals surface area contributed by atoms with Crippen molar-refractivity contribution in [3.63, 3.8) is 0 Å². The normalized spacial score (nSPS) is 46.9. The molecule has 0 aromatic carbocycles. The summed E-state index contributed by atoms with van der Waals surface area (Å²) in [6, 6.07) is 0. The summed E-state index contributed by atoms with van der Waals surface area (Å²) in [7, 11) is 0. The summed E-state index contributed by atoms with van der Waals surface area (Å²) in [6.07, 6.45) is -44.7. The highest BCUT2D eigenvalue weighted by molar-refractivity contribution is 4.98. The average molecular weight is 815 g/mol.